The van der Waals surface area contributed by atoms with Gasteiger partial charge in [-0.1, -0.05) is 23.2 Å². The maximum Gasteiger partial charge on any atom is 0.547 e. The van der Waals surface area contributed by atoms with Gasteiger partial charge in [0.1, 0.15) is 11.3 Å². The molecular formula is C17H20BCl2NO7. The molecule has 1 atom stereocenters. The van der Waals surface area contributed by atoms with Gasteiger partial charge in [0, 0.05) is 12.5 Å². The lowest BCUT2D eigenvalue weighted by molar-refractivity contribution is -0.161. The van der Waals surface area contributed by atoms with E-state index < -0.39 is 37.2 Å². The van der Waals surface area contributed by atoms with Gasteiger partial charge in [-0.15, -0.1) is 0 Å². The summed E-state index contributed by atoms with van der Waals surface area (Å²) in [6.07, 6.45) is 0.0920. The third-order valence-corrected chi connectivity index (χ3v) is 4.70. The van der Waals surface area contributed by atoms with E-state index in [9.17, 15) is 19.4 Å². The molecular weight excluding hydrogens is 412 g/mol. The van der Waals surface area contributed by atoms with Crippen LogP contribution >= 0.6 is 23.2 Å². The van der Waals surface area contributed by atoms with Crippen LogP contribution in [0.1, 0.15) is 43.6 Å². The molecule has 0 radical (unpaired) electrons. The van der Waals surface area contributed by atoms with Gasteiger partial charge in [-0.05, 0) is 33.3 Å². The molecule has 0 saturated heterocycles. The van der Waals surface area contributed by atoms with E-state index in [1.807, 2.05) is 0 Å². The predicted molar refractivity (Wildman–Crippen MR) is 102 cm³/mol. The molecule has 0 aliphatic carbocycles. The zero-order valence-corrected chi connectivity index (χ0v) is 17.3. The van der Waals surface area contributed by atoms with Crippen LogP contribution in [0.5, 0.6) is 5.75 Å². The molecule has 8 nitrogen and oxygen atoms in total. The van der Waals surface area contributed by atoms with Crippen LogP contribution in [0.3, 0.4) is 0 Å². The summed E-state index contributed by atoms with van der Waals surface area (Å²) in [7, 11) is -1.40. The Labute approximate surface area is 172 Å². The quantitative estimate of drug-likeness (QED) is 0.426. The van der Waals surface area contributed by atoms with Crippen molar-refractivity contribution in [1.29, 1.82) is 0 Å². The van der Waals surface area contributed by atoms with Crippen molar-refractivity contribution < 1.29 is 33.5 Å². The average Bonchev–Trinajstić information content (AvgIpc) is 2.58. The molecule has 1 heterocycles. The number of halogens is 2. The summed E-state index contributed by atoms with van der Waals surface area (Å²) >= 11 is 12.3. The third-order valence-electron chi connectivity index (χ3n) is 3.87. The number of carbonyl (C=O) groups excluding carboxylic acids is 3. The lowest BCUT2D eigenvalue weighted by Gasteiger charge is -2.29. The Morgan fingerprint density at radius 2 is 1.96 bits per heavy atom. The van der Waals surface area contributed by atoms with Crippen molar-refractivity contribution in [3.8, 4) is 5.75 Å². The molecule has 2 N–H and O–H groups in total. The topological polar surface area (TPSA) is 111 Å². The molecule has 1 unspecified atom stereocenters. The highest BCUT2D eigenvalue weighted by molar-refractivity contribution is 6.48. The van der Waals surface area contributed by atoms with Gasteiger partial charge in [-0.25, -0.2) is 4.79 Å². The number of esters is 2. The monoisotopic (exact) mass is 431 g/mol. The number of rotatable bonds is 4. The second kappa shape index (κ2) is 8.59. The third kappa shape index (κ3) is 5.09. The largest absolute Gasteiger partial charge is 0.547 e. The zero-order chi connectivity index (χ0) is 21.2. The average molecular weight is 432 g/mol. The first-order valence-corrected chi connectivity index (χ1v) is 9.14. The van der Waals surface area contributed by atoms with Crippen molar-refractivity contribution in [1.82, 2.24) is 5.32 Å². The standard InChI is InChI=1S/C17H20BCl2NO7/c1-8(22)21-12-6-9-13(20)11(19)5-10(14(9)28-18(12)25)15(23)26-7-27-16(24)17(2,3)4/h5,12,25H,6-7H2,1-4H3,(H,21,22). The van der Waals surface area contributed by atoms with Crippen LogP contribution in [0.15, 0.2) is 6.07 Å². The molecule has 1 aromatic carbocycles. The molecule has 0 saturated carbocycles. The van der Waals surface area contributed by atoms with E-state index >= 15 is 0 Å². The molecule has 0 fully saturated rings. The van der Waals surface area contributed by atoms with Crippen molar-refractivity contribution in [2.75, 3.05) is 6.79 Å². The molecule has 11 heteroatoms. The number of nitrogens with one attached hydrogen (secondary N) is 1. The lowest BCUT2D eigenvalue weighted by atomic mass is 9.72. The molecule has 152 valence electrons. The summed E-state index contributed by atoms with van der Waals surface area (Å²) in [5.41, 5.74) is -0.491. The SMILES string of the molecule is CC(=O)NC1Cc2c(Cl)c(Cl)cc(C(=O)OCOC(=O)C(C)(C)C)c2OB1O. The molecule has 1 aliphatic heterocycles. The molecule has 1 aromatic rings. The lowest BCUT2D eigenvalue weighted by Crippen LogP contribution is -2.52. The first kappa shape index (κ1) is 22.3. The highest BCUT2D eigenvalue weighted by Gasteiger charge is 2.39. The van der Waals surface area contributed by atoms with Crippen LogP contribution in [-0.4, -0.2) is 42.7 Å². The van der Waals surface area contributed by atoms with Gasteiger partial charge in [-0.2, -0.15) is 0 Å². The summed E-state index contributed by atoms with van der Waals surface area (Å²) in [4.78, 5) is 35.5. The second-order valence-corrected chi connectivity index (χ2v) is 8.06. The fourth-order valence-electron chi connectivity index (χ4n) is 2.47. The van der Waals surface area contributed by atoms with Gasteiger partial charge < -0.3 is 24.5 Å². The van der Waals surface area contributed by atoms with Gasteiger partial charge in [0.25, 0.3) is 0 Å². The Balaban J connectivity index is 2.22. The predicted octanol–water partition coefficient (Wildman–Crippen LogP) is 2.16. The number of hydrogen-bond acceptors (Lipinski definition) is 7. The van der Waals surface area contributed by atoms with Crippen LogP contribution in [-0.2, 0) is 25.5 Å². The molecule has 1 aliphatic rings. The first-order chi connectivity index (χ1) is 12.9. The van der Waals surface area contributed by atoms with Gasteiger partial charge in [-0.3, -0.25) is 9.59 Å². The number of amides is 1. The maximum absolute atomic E-state index is 12.4. The minimum atomic E-state index is -1.40. The van der Waals surface area contributed by atoms with Crippen LogP contribution in [0, 0.1) is 5.41 Å². The Hall–Kier alpha value is -1.97. The van der Waals surface area contributed by atoms with E-state index in [0.29, 0.717) is 5.56 Å². The Morgan fingerprint density at radius 1 is 1.32 bits per heavy atom. The molecule has 1 amide bonds. The number of fused-ring (bicyclic) bond motifs is 1. The first-order valence-electron chi connectivity index (χ1n) is 8.39. The number of hydrogen-bond donors (Lipinski definition) is 2. The van der Waals surface area contributed by atoms with Crippen molar-refractivity contribution in [2.24, 2.45) is 5.41 Å². The van der Waals surface area contributed by atoms with E-state index in [1.54, 1.807) is 20.8 Å². The van der Waals surface area contributed by atoms with Crippen molar-refractivity contribution in [3.05, 3.63) is 27.2 Å². The number of carbonyl (C=O) groups is 3. The molecule has 28 heavy (non-hydrogen) atoms. The summed E-state index contributed by atoms with van der Waals surface area (Å²) < 4.78 is 15.3. The zero-order valence-electron chi connectivity index (χ0n) is 15.8. The highest BCUT2D eigenvalue weighted by Crippen LogP contribution is 2.40. The highest BCUT2D eigenvalue weighted by atomic mass is 35.5. The smallest absolute Gasteiger partial charge is 0.534 e. The van der Waals surface area contributed by atoms with Crippen LogP contribution in [0.4, 0.5) is 0 Å². The summed E-state index contributed by atoms with van der Waals surface area (Å²) in [5, 5.41) is 12.9. The van der Waals surface area contributed by atoms with Gasteiger partial charge in [0.05, 0.1) is 21.4 Å². The van der Waals surface area contributed by atoms with Gasteiger partial charge in [0.2, 0.25) is 12.7 Å². The van der Waals surface area contributed by atoms with E-state index in [0.717, 1.165) is 0 Å². The summed E-state index contributed by atoms with van der Waals surface area (Å²) in [6, 6.07) is 1.24. The summed E-state index contributed by atoms with van der Waals surface area (Å²) in [6.45, 7) is 5.68. The minimum absolute atomic E-state index is 0.00403. The van der Waals surface area contributed by atoms with Crippen LogP contribution in [0.25, 0.3) is 0 Å². The Kier molecular flexibility index (Phi) is 6.85. The van der Waals surface area contributed by atoms with Crippen molar-refractivity contribution >= 4 is 48.2 Å². The maximum atomic E-state index is 12.4. The van der Waals surface area contributed by atoms with Gasteiger partial charge in [0.15, 0.2) is 0 Å². The molecule has 0 aromatic heterocycles. The molecule has 0 bridgehead atoms. The Bertz CT molecular complexity index is 810. The number of ether oxygens (including phenoxy) is 2. The second-order valence-electron chi connectivity index (χ2n) is 7.28. The Morgan fingerprint density at radius 3 is 2.54 bits per heavy atom. The fourth-order valence-corrected chi connectivity index (χ4v) is 2.91. The van der Waals surface area contributed by atoms with Crippen molar-refractivity contribution in [3.63, 3.8) is 0 Å². The van der Waals surface area contributed by atoms with Crippen LogP contribution < -0.4 is 9.97 Å². The van der Waals surface area contributed by atoms with Gasteiger partial charge >= 0.3 is 19.1 Å². The molecule has 0 spiro atoms. The normalized spacial score (nSPS) is 16.0. The molecule has 2 rings (SSSR count). The number of benzene rings is 1. The van der Waals surface area contributed by atoms with E-state index in [2.05, 4.69) is 5.32 Å². The summed E-state index contributed by atoms with van der Waals surface area (Å²) in [5.74, 6) is -2.55. The van der Waals surface area contributed by atoms with E-state index in [4.69, 9.17) is 37.3 Å². The van der Waals surface area contributed by atoms with E-state index in [-0.39, 0.29) is 33.7 Å². The van der Waals surface area contributed by atoms with Crippen LogP contribution in [0.2, 0.25) is 10.0 Å². The van der Waals surface area contributed by atoms with Crippen molar-refractivity contribution in [2.45, 2.75) is 40.1 Å². The van der Waals surface area contributed by atoms with E-state index in [1.165, 1.54) is 13.0 Å². The minimum Gasteiger partial charge on any atom is -0.534 e. The fraction of sp³-hybridized carbons (Fsp3) is 0.471.